The Morgan fingerprint density at radius 2 is 0.649 bits per heavy atom. The summed E-state index contributed by atoms with van der Waals surface area (Å²) in [6.45, 7) is 22.7. The Labute approximate surface area is 339 Å². The van der Waals surface area contributed by atoms with Crippen LogP contribution in [0.15, 0.2) is 152 Å². The average Bonchev–Trinajstić information content (AvgIpc) is 3.51. The van der Waals surface area contributed by atoms with Crippen molar-refractivity contribution in [2.75, 3.05) is 9.80 Å². The molecule has 0 amide bonds. The number of fused-ring (bicyclic) bond motifs is 3. The first-order chi connectivity index (χ1) is 27.2. The molecule has 1 heterocycles. The topological polar surface area (TPSA) is 11.4 Å². The van der Waals surface area contributed by atoms with Crippen LogP contribution in [0.1, 0.15) is 74.9 Å². The quantitative estimate of drug-likeness (QED) is 0.161. The molecule has 0 N–H and O–H groups in total. The van der Waals surface area contributed by atoms with Gasteiger partial charge < -0.3 is 14.4 Å². The molecule has 0 aliphatic carbocycles. The van der Waals surface area contributed by atoms with E-state index in [9.17, 15) is 0 Å². The van der Waals surface area contributed by atoms with Gasteiger partial charge in [-0.3, -0.25) is 0 Å². The van der Waals surface area contributed by atoms with Crippen LogP contribution >= 0.6 is 0 Å². The lowest BCUT2D eigenvalue weighted by Gasteiger charge is -2.29. The predicted molar refractivity (Wildman–Crippen MR) is 246 cm³/mol. The molecular formula is C54H55N3. The fourth-order valence-corrected chi connectivity index (χ4v) is 8.15. The van der Waals surface area contributed by atoms with Crippen molar-refractivity contribution in [3.05, 3.63) is 185 Å². The summed E-state index contributed by atoms with van der Waals surface area (Å²) in [4.78, 5) is 4.86. The van der Waals surface area contributed by atoms with Crippen LogP contribution in [0.4, 0.5) is 34.1 Å². The van der Waals surface area contributed by atoms with Gasteiger partial charge in [0.25, 0.3) is 0 Å². The molecule has 8 rings (SSSR count). The fourth-order valence-electron chi connectivity index (χ4n) is 8.15. The van der Waals surface area contributed by atoms with E-state index >= 15 is 0 Å². The largest absolute Gasteiger partial charge is 0.310 e. The monoisotopic (exact) mass is 745 g/mol. The second-order valence-corrected chi connectivity index (χ2v) is 18.0. The number of anilines is 6. The van der Waals surface area contributed by atoms with Crippen LogP contribution in [0.25, 0.3) is 27.5 Å². The van der Waals surface area contributed by atoms with Crippen molar-refractivity contribution in [2.45, 2.75) is 80.1 Å². The Bertz CT molecular complexity index is 2420. The van der Waals surface area contributed by atoms with Gasteiger partial charge in [-0.2, -0.15) is 0 Å². The van der Waals surface area contributed by atoms with Gasteiger partial charge in [-0.25, -0.2) is 0 Å². The SMILES string of the molecule is Cc1ccc(N(c2ccc(C)cc2)c2cc(C(C)(C)C)c3c(c2)c2cc(N(c4ccc(C)cc4)c4ccc(C)cc4)cc(C(C)(C)C)c2n3-c2ccccc2)cc1. The molecule has 0 aliphatic heterocycles. The molecule has 0 spiro atoms. The minimum Gasteiger partial charge on any atom is -0.310 e. The smallest absolute Gasteiger partial charge is 0.0580 e. The molecule has 0 saturated heterocycles. The highest BCUT2D eigenvalue weighted by atomic mass is 15.2. The third-order valence-corrected chi connectivity index (χ3v) is 11.2. The molecule has 57 heavy (non-hydrogen) atoms. The lowest BCUT2D eigenvalue weighted by atomic mass is 9.84. The van der Waals surface area contributed by atoms with E-state index < -0.39 is 0 Å². The minimum atomic E-state index is -0.179. The van der Waals surface area contributed by atoms with E-state index in [1.54, 1.807) is 0 Å². The van der Waals surface area contributed by atoms with Crippen molar-refractivity contribution in [1.82, 2.24) is 4.57 Å². The van der Waals surface area contributed by atoms with Crippen LogP contribution in [0, 0.1) is 27.7 Å². The Balaban J connectivity index is 1.54. The summed E-state index contributed by atoms with van der Waals surface area (Å²) >= 11 is 0. The van der Waals surface area contributed by atoms with Crippen molar-refractivity contribution in [2.24, 2.45) is 0 Å². The standard InChI is InChI=1S/C54H55N3/c1-36-16-24-41(25-17-36)55(42-26-18-37(2)19-27-42)45-32-47-48-33-46(56(43-28-20-38(3)21-29-43)44-30-22-39(4)23-31-44)35-50(54(8,9)10)52(48)57(40-14-12-11-13-15-40)51(47)49(34-45)53(5,6)7/h11-35H,1-10H3. The summed E-state index contributed by atoms with van der Waals surface area (Å²) in [7, 11) is 0. The number of hydrogen-bond donors (Lipinski definition) is 0. The van der Waals surface area contributed by atoms with Gasteiger partial charge in [-0.1, -0.05) is 131 Å². The number of benzene rings is 7. The van der Waals surface area contributed by atoms with Crippen molar-refractivity contribution in [1.29, 1.82) is 0 Å². The number of aromatic nitrogens is 1. The predicted octanol–water partition coefficient (Wildman–Crippen LogP) is 15.6. The maximum Gasteiger partial charge on any atom is 0.0580 e. The van der Waals surface area contributed by atoms with E-state index in [-0.39, 0.29) is 10.8 Å². The minimum absolute atomic E-state index is 0.179. The first-order valence-electron chi connectivity index (χ1n) is 20.3. The summed E-state index contributed by atoms with van der Waals surface area (Å²) in [5.41, 5.74) is 17.7. The van der Waals surface area contributed by atoms with E-state index in [0.29, 0.717) is 0 Å². The van der Waals surface area contributed by atoms with Crippen LogP contribution in [0.2, 0.25) is 0 Å². The first kappa shape index (κ1) is 37.8. The van der Waals surface area contributed by atoms with E-state index in [4.69, 9.17) is 0 Å². The lowest BCUT2D eigenvalue weighted by molar-refractivity contribution is 0.591. The summed E-state index contributed by atoms with van der Waals surface area (Å²) in [5.74, 6) is 0. The molecule has 0 fully saturated rings. The normalized spacial score (nSPS) is 12.0. The maximum absolute atomic E-state index is 2.56. The van der Waals surface area contributed by atoms with Crippen LogP contribution in [0.3, 0.4) is 0 Å². The van der Waals surface area contributed by atoms with Gasteiger partial charge in [-0.05, 0) is 135 Å². The van der Waals surface area contributed by atoms with Crippen molar-refractivity contribution >= 4 is 55.9 Å². The third kappa shape index (κ3) is 7.24. The summed E-state index contributed by atoms with van der Waals surface area (Å²) in [5, 5.41) is 2.47. The zero-order valence-electron chi connectivity index (χ0n) is 35.3. The molecule has 0 aliphatic rings. The zero-order valence-corrected chi connectivity index (χ0v) is 35.3. The van der Waals surface area contributed by atoms with Crippen molar-refractivity contribution < 1.29 is 0 Å². The second-order valence-electron chi connectivity index (χ2n) is 18.0. The van der Waals surface area contributed by atoms with Gasteiger partial charge in [-0.15, -0.1) is 0 Å². The highest BCUT2D eigenvalue weighted by molar-refractivity contribution is 6.14. The number of para-hydroxylation sites is 1. The number of rotatable bonds is 7. The third-order valence-electron chi connectivity index (χ3n) is 11.2. The number of hydrogen-bond acceptors (Lipinski definition) is 2. The second kappa shape index (κ2) is 14.5. The van der Waals surface area contributed by atoms with Crippen molar-refractivity contribution in [3.63, 3.8) is 0 Å². The summed E-state index contributed by atoms with van der Waals surface area (Å²) in [6.07, 6.45) is 0. The van der Waals surface area contributed by atoms with E-state index in [0.717, 1.165) is 39.8 Å². The Hall–Kier alpha value is -6.06. The molecule has 0 bridgehead atoms. The van der Waals surface area contributed by atoms with Gasteiger partial charge in [0.2, 0.25) is 0 Å². The van der Waals surface area contributed by atoms with Crippen LogP contribution in [0.5, 0.6) is 0 Å². The van der Waals surface area contributed by atoms with E-state index in [1.807, 2.05) is 0 Å². The molecule has 3 heteroatoms. The molecule has 0 saturated carbocycles. The molecule has 0 atom stereocenters. The summed E-state index contributed by atoms with van der Waals surface area (Å²) < 4.78 is 2.56. The highest BCUT2D eigenvalue weighted by Crippen LogP contribution is 2.49. The molecule has 8 aromatic rings. The molecule has 7 aromatic carbocycles. The van der Waals surface area contributed by atoms with E-state index in [1.165, 1.54) is 55.2 Å². The molecular weight excluding hydrogens is 691 g/mol. The van der Waals surface area contributed by atoms with Crippen molar-refractivity contribution in [3.8, 4) is 5.69 Å². The van der Waals surface area contributed by atoms with Gasteiger partial charge in [0.15, 0.2) is 0 Å². The zero-order chi connectivity index (χ0) is 40.2. The fraction of sp³-hybridized carbons (Fsp3) is 0.222. The van der Waals surface area contributed by atoms with Crippen LogP contribution in [-0.2, 0) is 10.8 Å². The summed E-state index contributed by atoms with van der Waals surface area (Å²) in [6, 6.07) is 56.5. The Morgan fingerprint density at radius 3 is 0.930 bits per heavy atom. The molecule has 1 aromatic heterocycles. The van der Waals surface area contributed by atoms with Gasteiger partial charge in [0, 0.05) is 50.6 Å². The molecule has 0 unspecified atom stereocenters. The molecule has 286 valence electrons. The van der Waals surface area contributed by atoms with Gasteiger partial charge in [0.1, 0.15) is 0 Å². The highest BCUT2D eigenvalue weighted by Gasteiger charge is 2.30. The number of nitrogens with zero attached hydrogens (tertiary/aromatic N) is 3. The average molecular weight is 746 g/mol. The van der Waals surface area contributed by atoms with Gasteiger partial charge in [0.05, 0.1) is 11.0 Å². The first-order valence-corrected chi connectivity index (χ1v) is 20.3. The Kier molecular flexibility index (Phi) is 9.60. The Morgan fingerprint density at radius 1 is 0.351 bits per heavy atom. The van der Waals surface area contributed by atoms with Crippen LogP contribution < -0.4 is 9.80 Å². The lowest BCUT2D eigenvalue weighted by Crippen LogP contribution is -2.17. The number of aryl methyl sites for hydroxylation is 4. The van der Waals surface area contributed by atoms with E-state index in [2.05, 4.69) is 235 Å². The molecule has 3 nitrogen and oxygen atoms in total. The van der Waals surface area contributed by atoms with Gasteiger partial charge >= 0.3 is 0 Å². The molecule has 0 radical (unpaired) electrons. The maximum atomic E-state index is 2.56. The van der Waals surface area contributed by atoms with Crippen LogP contribution in [-0.4, -0.2) is 4.57 Å².